The lowest BCUT2D eigenvalue weighted by molar-refractivity contribution is -0.121. The SMILES string of the molecule is COC(=O)Nc1ccc(CNC(=O)CCCN2C(=O)c3ccc(Br)cc3C2=O)cc1. The average molecular weight is 474 g/mol. The minimum Gasteiger partial charge on any atom is -0.453 e. The summed E-state index contributed by atoms with van der Waals surface area (Å²) < 4.78 is 5.25. The van der Waals surface area contributed by atoms with E-state index in [-0.39, 0.29) is 30.7 Å². The Morgan fingerprint density at radius 2 is 1.73 bits per heavy atom. The van der Waals surface area contributed by atoms with Crippen LogP contribution in [-0.4, -0.2) is 42.4 Å². The number of carbonyl (C=O) groups excluding carboxylic acids is 4. The second-order valence-electron chi connectivity index (χ2n) is 6.65. The Morgan fingerprint density at radius 3 is 2.43 bits per heavy atom. The van der Waals surface area contributed by atoms with Gasteiger partial charge in [-0.2, -0.15) is 0 Å². The molecule has 3 rings (SSSR count). The Morgan fingerprint density at radius 1 is 1.03 bits per heavy atom. The number of nitrogens with zero attached hydrogens (tertiary/aromatic N) is 1. The Labute approximate surface area is 181 Å². The number of hydrogen-bond acceptors (Lipinski definition) is 5. The lowest BCUT2D eigenvalue weighted by atomic mass is 10.1. The topological polar surface area (TPSA) is 105 Å². The van der Waals surface area contributed by atoms with Crippen molar-refractivity contribution in [2.24, 2.45) is 0 Å². The van der Waals surface area contributed by atoms with Crippen molar-refractivity contribution in [3.63, 3.8) is 0 Å². The van der Waals surface area contributed by atoms with E-state index >= 15 is 0 Å². The molecule has 0 bridgehead atoms. The molecule has 156 valence electrons. The number of imide groups is 1. The second kappa shape index (κ2) is 9.53. The number of halogens is 1. The minimum absolute atomic E-state index is 0.175. The third-order valence-corrected chi connectivity index (χ3v) is 5.09. The maximum absolute atomic E-state index is 12.4. The van der Waals surface area contributed by atoms with Gasteiger partial charge in [-0.05, 0) is 42.3 Å². The molecule has 0 atom stereocenters. The van der Waals surface area contributed by atoms with E-state index in [4.69, 9.17) is 0 Å². The minimum atomic E-state index is -0.554. The number of fused-ring (bicyclic) bond motifs is 1. The Hall–Kier alpha value is -3.20. The van der Waals surface area contributed by atoms with Crippen LogP contribution in [0.3, 0.4) is 0 Å². The molecule has 2 aromatic rings. The molecule has 2 aromatic carbocycles. The van der Waals surface area contributed by atoms with E-state index in [0.29, 0.717) is 29.8 Å². The molecule has 0 saturated heterocycles. The zero-order valence-electron chi connectivity index (χ0n) is 16.2. The second-order valence-corrected chi connectivity index (χ2v) is 7.56. The quantitative estimate of drug-likeness (QED) is 0.600. The maximum atomic E-state index is 12.4. The Balaban J connectivity index is 1.43. The molecule has 0 aromatic heterocycles. The first-order valence-electron chi connectivity index (χ1n) is 9.25. The summed E-state index contributed by atoms with van der Waals surface area (Å²) in [5.74, 6) is -0.841. The number of hydrogen-bond donors (Lipinski definition) is 2. The van der Waals surface area contributed by atoms with Crippen molar-refractivity contribution in [3.05, 3.63) is 63.6 Å². The summed E-state index contributed by atoms with van der Waals surface area (Å²) in [7, 11) is 1.28. The summed E-state index contributed by atoms with van der Waals surface area (Å²) >= 11 is 3.30. The third kappa shape index (κ3) is 5.04. The highest BCUT2D eigenvalue weighted by Crippen LogP contribution is 2.26. The lowest BCUT2D eigenvalue weighted by Crippen LogP contribution is -2.32. The molecule has 0 saturated carbocycles. The first kappa shape index (κ1) is 21.5. The first-order chi connectivity index (χ1) is 14.4. The standard InChI is InChI=1S/C21H20BrN3O5/c1-30-21(29)24-15-7-4-13(5-8-15)12-23-18(26)3-2-10-25-19(27)16-9-6-14(22)11-17(16)20(25)28/h4-9,11H,2-3,10,12H2,1H3,(H,23,26)(H,24,29). The van der Waals surface area contributed by atoms with Crippen LogP contribution in [0, 0.1) is 0 Å². The van der Waals surface area contributed by atoms with Crippen LogP contribution in [0.15, 0.2) is 46.9 Å². The first-order valence-corrected chi connectivity index (χ1v) is 10.0. The largest absolute Gasteiger partial charge is 0.453 e. The van der Waals surface area contributed by atoms with Gasteiger partial charge in [-0.1, -0.05) is 28.1 Å². The van der Waals surface area contributed by atoms with Crippen LogP contribution in [0.2, 0.25) is 0 Å². The van der Waals surface area contributed by atoms with Gasteiger partial charge in [-0.3, -0.25) is 24.6 Å². The number of benzene rings is 2. The highest BCUT2D eigenvalue weighted by atomic mass is 79.9. The summed E-state index contributed by atoms with van der Waals surface area (Å²) in [6, 6.07) is 12.0. The Kier molecular flexibility index (Phi) is 6.83. The van der Waals surface area contributed by atoms with E-state index in [9.17, 15) is 19.2 Å². The monoisotopic (exact) mass is 473 g/mol. The predicted molar refractivity (Wildman–Crippen MR) is 113 cm³/mol. The van der Waals surface area contributed by atoms with Crippen LogP contribution < -0.4 is 10.6 Å². The molecule has 9 heteroatoms. The van der Waals surface area contributed by atoms with Crippen LogP contribution in [0.4, 0.5) is 10.5 Å². The molecule has 4 amide bonds. The van der Waals surface area contributed by atoms with Gasteiger partial charge in [0, 0.05) is 29.7 Å². The van der Waals surface area contributed by atoms with Gasteiger partial charge in [-0.25, -0.2) is 4.79 Å². The molecular formula is C21H20BrN3O5. The van der Waals surface area contributed by atoms with Crippen LogP contribution >= 0.6 is 15.9 Å². The molecule has 1 aliphatic heterocycles. The number of ether oxygens (including phenoxy) is 1. The summed E-state index contributed by atoms with van der Waals surface area (Å²) in [4.78, 5) is 49.2. The lowest BCUT2D eigenvalue weighted by Gasteiger charge is -2.13. The van der Waals surface area contributed by atoms with Crippen LogP contribution in [0.1, 0.15) is 39.1 Å². The molecule has 0 unspecified atom stereocenters. The molecule has 2 N–H and O–H groups in total. The Bertz CT molecular complexity index is 991. The third-order valence-electron chi connectivity index (χ3n) is 4.59. The summed E-state index contributed by atoms with van der Waals surface area (Å²) in [5.41, 5.74) is 2.22. The molecule has 8 nitrogen and oxygen atoms in total. The zero-order valence-corrected chi connectivity index (χ0v) is 17.8. The van der Waals surface area contributed by atoms with Crippen molar-refractivity contribution in [3.8, 4) is 0 Å². The molecule has 1 heterocycles. The smallest absolute Gasteiger partial charge is 0.411 e. The number of amides is 4. The molecule has 0 fully saturated rings. The van der Waals surface area contributed by atoms with E-state index in [0.717, 1.165) is 10.0 Å². The molecule has 0 aliphatic carbocycles. The van der Waals surface area contributed by atoms with Crippen molar-refractivity contribution in [2.75, 3.05) is 19.0 Å². The summed E-state index contributed by atoms with van der Waals surface area (Å²) in [6.45, 7) is 0.518. The van der Waals surface area contributed by atoms with E-state index in [2.05, 4.69) is 31.3 Å². The van der Waals surface area contributed by atoms with E-state index in [1.165, 1.54) is 12.0 Å². The fraction of sp³-hybridized carbons (Fsp3) is 0.238. The number of rotatable bonds is 7. The van der Waals surface area contributed by atoms with Gasteiger partial charge < -0.3 is 10.1 Å². The van der Waals surface area contributed by atoms with Crippen LogP contribution in [0.25, 0.3) is 0 Å². The van der Waals surface area contributed by atoms with Crippen molar-refractivity contribution < 1.29 is 23.9 Å². The van der Waals surface area contributed by atoms with Crippen molar-refractivity contribution in [2.45, 2.75) is 19.4 Å². The summed E-state index contributed by atoms with van der Waals surface area (Å²) in [6.07, 6.45) is 0.0151. The average Bonchev–Trinajstić information content (AvgIpc) is 2.97. The van der Waals surface area contributed by atoms with E-state index in [1.807, 2.05) is 0 Å². The summed E-state index contributed by atoms with van der Waals surface area (Å²) in [5, 5.41) is 5.34. The van der Waals surface area contributed by atoms with Crippen molar-refractivity contribution in [1.29, 1.82) is 0 Å². The van der Waals surface area contributed by atoms with Gasteiger partial charge in [0.05, 0.1) is 18.2 Å². The fourth-order valence-corrected chi connectivity index (χ4v) is 3.39. The number of carbonyl (C=O) groups is 4. The van der Waals surface area contributed by atoms with E-state index < -0.39 is 6.09 Å². The zero-order chi connectivity index (χ0) is 21.7. The molecule has 0 spiro atoms. The number of methoxy groups -OCH3 is 1. The predicted octanol–water partition coefficient (Wildman–Crippen LogP) is 3.32. The maximum Gasteiger partial charge on any atom is 0.411 e. The number of nitrogens with one attached hydrogen (secondary N) is 2. The number of anilines is 1. The highest BCUT2D eigenvalue weighted by molar-refractivity contribution is 9.10. The normalized spacial score (nSPS) is 12.5. The van der Waals surface area contributed by atoms with E-state index in [1.54, 1.807) is 42.5 Å². The van der Waals surface area contributed by atoms with Gasteiger partial charge in [-0.15, -0.1) is 0 Å². The highest BCUT2D eigenvalue weighted by Gasteiger charge is 2.35. The molecular weight excluding hydrogens is 454 g/mol. The van der Waals surface area contributed by atoms with Gasteiger partial charge in [0.25, 0.3) is 11.8 Å². The fourth-order valence-electron chi connectivity index (χ4n) is 3.03. The van der Waals surface area contributed by atoms with Crippen LogP contribution in [0.5, 0.6) is 0 Å². The molecule has 30 heavy (non-hydrogen) atoms. The molecule has 1 aliphatic rings. The van der Waals surface area contributed by atoms with Crippen molar-refractivity contribution >= 4 is 45.4 Å². The van der Waals surface area contributed by atoms with Gasteiger partial charge >= 0.3 is 6.09 Å². The van der Waals surface area contributed by atoms with Gasteiger partial charge in [0.1, 0.15) is 0 Å². The van der Waals surface area contributed by atoms with Gasteiger partial charge in [0.15, 0.2) is 0 Å². The van der Waals surface area contributed by atoms with Crippen molar-refractivity contribution in [1.82, 2.24) is 10.2 Å². The van der Waals surface area contributed by atoms with Crippen LogP contribution in [-0.2, 0) is 16.1 Å². The molecule has 0 radical (unpaired) electrons. The van der Waals surface area contributed by atoms with Gasteiger partial charge in [0.2, 0.25) is 5.91 Å².